The molecule has 0 aliphatic rings. The third-order valence-corrected chi connectivity index (χ3v) is 2.61. The Morgan fingerprint density at radius 2 is 1.94 bits per heavy atom. The molecular formula is C13H19N3O2. The number of primary amides is 1. The normalized spacial score (nSPS) is 10.1. The quantitative estimate of drug-likeness (QED) is 0.714. The molecule has 1 aromatic rings. The van der Waals surface area contributed by atoms with E-state index in [1.165, 1.54) is 0 Å². The lowest BCUT2D eigenvalue weighted by atomic mass is 10.1. The van der Waals surface area contributed by atoms with E-state index in [-0.39, 0.29) is 5.91 Å². The Morgan fingerprint density at radius 1 is 1.28 bits per heavy atom. The Kier molecular flexibility index (Phi) is 5.32. The maximum absolute atomic E-state index is 11.3. The summed E-state index contributed by atoms with van der Waals surface area (Å²) in [5, 5.41) is 3.13. The Balaban J connectivity index is 2.45. The van der Waals surface area contributed by atoms with Crippen molar-refractivity contribution >= 4 is 11.8 Å². The van der Waals surface area contributed by atoms with Crippen LogP contribution >= 0.6 is 0 Å². The molecule has 1 aromatic carbocycles. The number of amides is 2. The van der Waals surface area contributed by atoms with E-state index in [2.05, 4.69) is 5.32 Å². The van der Waals surface area contributed by atoms with Crippen molar-refractivity contribution in [1.82, 2.24) is 10.2 Å². The van der Waals surface area contributed by atoms with Crippen molar-refractivity contribution in [3.05, 3.63) is 35.4 Å². The second kappa shape index (κ2) is 6.76. The van der Waals surface area contributed by atoms with Gasteiger partial charge >= 0.3 is 0 Å². The second-order valence-electron chi connectivity index (χ2n) is 4.24. The van der Waals surface area contributed by atoms with E-state index >= 15 is 0 Å². The zero-order valence-corrected chi connectivity index (χ0v) is 10.8. The Bertz CT molecular complexity index is 430. The van der Waals surface area contributed by atoms with Gasteiger partial charge in [-0.3, -0.25) is 9.59 Å². The van der Waals surface area contributed by atoms with Crippen LogP contribution in [0.15, 0.2) is 24.3 Å². The highest BCUT2D eigenvalue weighted by molar-refractivity contribution is 5.94. The fourth-order valence-electron chi connectivity index (χ4n) is 1.56. The minimum atomic E-state index is -0.434. The van der Waals surface area contributed by atoms with Crippen LogP contribution in [0.5, 0.6) is 0 Å². The number of nitrogens with two attached hydrogens (primary N) is 1. The molecule has 0 bridgehead atoms. The highest BCUT2D eigenvalue weighted by Crippen LogP contribution is 2.07. The largest absolute Gasteiger partial charge is 0.366 e. The molecule has 0 saturated carbocycles. The fourth-order valence-corrected chi connectivity index (χ4v) is 1.56. The van der Waals surface area contributed by atoms with Crippen LogP contribution in [-0.2, 0) is 11.3 Å². The van der Waals surface area contributed by atoms with Crippen molar-refractivity contribution in [2.45, 2.75) is 13.0 Å². The number of nitrogens with one attached hydrogen (secondary N) is 1. The van der Waals surface area contributed by atoms with E-state index in [1.54, 1.807) is 31.1 Å². The average molecular weight is 249 g/mol. The van der Waals surface area contributed by atoms with Gasteiger partial charge in [0.15, 0.2) is 0 Å². The van der Waals surface area contributed by atoms with Crippen LogP contribution in [0.25, 0.3) is 0 Å². The van der Waals surface area contributed by atoms with Gasteiger partial charge < -0.3 is 16.0 Å². The molecule has 0 atom stereocenters. The van der Waals surface area contributed by atoms with Crippen molar-refractivity contribution in [3.63, 3.8) is 0 Å². The fraction of sp³-hybridized carbons (Fsp3) is 0.385. The molecule has 3 N–H and O–H groups in total. The molecule has 2 amide bonds. The van der Waals surface area contributed by atoms with Crippen LogP contribution in [0.4, 0.5) is 0 Å². The molecule has 0 aliphatic heterocycles. The van der Waals surface area contributed by atoms with Gasteiger partial charge in [-0.05, 0) is 11.6 Å². The Hall–Kier alpha value is -1.88. The number of rotatable bonds is 6. The van der Waals surface area contributed by atoms with Gasteiger partial charge in [0.25, 0.3) is 0 Å². The lowest BCUT2D eigenvalue weighted by Gasteiger charge is -2.11. The zero-order chi connectivity index (χ0) is 13.5. The van der Waals surface area contributed by atoms with Gasteiger partial charge in [0, 0.05) is 39.2 Å². The van der Waals surface area contributed by atoms with E-state index in [0.717, 1.165) is 5.56 Å². The maximum Gasteiger partial charge on any atom is 0.249 e. The Labute approximate surface area is 107 Å². The van der Waals surface area contributed by atoms with Crippen molar-refractivity contribution in [3.8, 4) is 0 Å². The summed E-state index contributed by atoms with van der Waals surface area (Å²) >= 11 is 0. The first-order valence-electron chi connectivity index (χ1n) is 5.81. The van der Waals surface area contributed by atoms with Crippen LogP contribution < -0.4 is 11.1 Å². The van der Waals surface area contributed by atoms with Gasteiger partial charge in [0.2, 0.25) is 11.8 Å². The van der Waals surface area contributed by atoms with E-state index < -0.39 is 5.91 Å². The molecule has 0 fully saturated rings. The molecule has 0 aliphatic carbocycles. The smallest absolute Gasteiger partial charge is 0.249 e. The lowest BCUT2D eigenvalue weighted by molar-refractivity contribution is -0.128. The van der Waals surface area contributed by atoms with E-state index in [4.69, 9.17) is 5.73 Å². The van der Waals surface area contributed by atoms with Crippen molar-refractivity contribution in [2.24, 2.45) is 5.73 Å². The molecule has 98 valence electrons. The average Bonchev–Trinajstić information content (AvgIpc) is 2.34. The zero-order valence-electron chi connectivity index (χ0n) is 10.8. The van der Waals surface area contributed by atoms with Gasteiger partial charge in [0.1, 0.15) is 0 Å². The van der Waals surface area contributed by atoms with Crippen molar-refractivity contribution in [2.75, 3.05) is 20.6 Å². The molecule has 0 heterocycles. The predicted octanol–water partition coefficient (Wildman–Crippen LogP) is 0.353. The molecule has 1 rings (SSSR count). The summed E-state index contributed by atoms with van der Waals surface area (Å²) in [4.78, 5) is 24.1. The third-order valence-electron chi connectivity index (χ3n) is 2.61. The van der Waals surface area contributed by atoms with Gasteiger partial charge in [-0.1, -0.05) is 18.2 Å². The molecule has 0 saturated heterocycles. The first kappa shape index (κ1) is 14.2. The lowest BCUT2D eigenvalue weighted by Crippen LogP contribution is -2.27. The second-order valence-corrected chi connectivity index (χ2v) is 4.24. The number of benzene rings is 1. The number of carbonyl (C=O) groups is 2. The molecule has 0 aromatic heterocycles. The summed E-state index contributed by atoms with van der Waals surface area (Å²) in [6, 6.07) is 7.18. The first-order chi connectivity index (χ1) is 8.52. The minimum absolute atomic E-state index is 0.0747. The number of carbonyl (C=O) groups excluding carboxylic acids is 2. The highest BCUT2D eigenvalue weighted by Gasteiger charge is 2.07. The number of hydrogen-bond acceptors (Lipinski definition) is 3. The predicted molar refractivity (Wildman–Crippen MR) is 70.0 cm³/mol. The topological polar surface area (TPSA) is 75.4 Å². The van der Waals surface area contributed by atoms with E-state index in [0.29, 0.717) is 25.1 Å². The molecule has 0 spiro atoms. The number of hydrogen-bond donors (Lipinski definition) is 2. The monoisotopic (exact) mass is 249 g/mol. The molecular weight excluding hydrogens is 230 g/mol. The maximum atomic E-state index is 11.3. The summed E-state index contributed by atoms with van der Waals surface area (Å²) in [7, 11) is 3.45. The van der Waals surface area contributed by atoms with Crippen LogP contribution in [0.2, 0.25) is 0 Å². The van der Waals surface area contributed by atoms with Crippen LogP contribution in [0.3, 0.4) is 0 Å². The summed E-state index contributed by atoms with van der Waals surface area (Å²) in [5.41, 5.74) is 6.65. The molecule has 5 heteroatoms. The minimum Gasteiger partial charge on any atom is -0.366 e. The van der Waals surface area contributed by atoms with Crippen molar-refractivity contribution < 1.29 is 9.59 Å². The standard InChI is InChI=1S/C13H19N3O2/c1-16(2)12(17)7-8-15-9-10-5-3-4-6-11(10)13(14)18/h3-6,15H,7-9H2,1-2H3,(H2,14,18). The number of nitrogens with zero attached hydrogens (tertiary/aromatic N) is 1. The van der Waals surface area contributed by atoms with Gasteiger partial charge in [0.05, 0.1) is 0 Å². The van der Waals surface area contributed by atoms with Crippen molar-refractivity contribution in [1.29, 1.82) is 0 Å². The van der Waals surface area contributed by atoms with Crippen LogP contribution in [0.1, 0.15) is 22.3 Å². The summed E-state index contributed by atoms with van der Waals surface area (Å²) in [6.45, 7) is 1.10. The summed E-state index contributed by atoms with van der Waals surface area (Å²) in [5.74, 6) is -0.359. The van der Waals surface area contributed by atoms with Gasteiger partial charge in [-0.25, -0.2) is 0 Å². The van der Waals surface area contributed by atoms with E-state index in [1.807, 2.05) is 12.1 Å². The first-order valence-corrected chi connectivity index (χ1v) is 5.81. The highest BCUT2D eigenvalue weighted by atomic mass is 16.2. The molecule has 0 unspecified atom stereocenters. The SMILES string of the molecule is CN(C)C(=O)CCNCc1ccccc1C(N)=O. The summed E-state index contributed by atoms with van der Waals surface area (Å²) in [6.07, 6.45) is 0.436. The van der Waals surface area contributed by atoms with Gasteiger partial charge in [-0.2, -0.15) is 0 Å². The molecule has 18 heavy (non-hydrogen) atoms. The third kappa shape index (κ3) is 4.18. The van der Waals surface area contributed by atoms with Crippen LogP contribution in [-0.4, -0.2) is 37.4 Å². The summed E-state index contributed by atoms with van der Waals surface area (Å²) < 4.78 is 0. The molecule has 0 radical (unpaired) electrons. The van der Waals surface area contributed by atoms with E-state index in [9.17, 15) is 9.59 Å². The Morgan fingerprint density at radius 3 is 2.56 bits per heavy atom. The molecule has 5 nitrogen and oxygen atoms in total. The van der Waals surface area contributed by atoms with Crippen LogP contribution in [0, 0.1) is 0 Å². The van der Waals surface area contributed by atoms with Gasteiger partial charge in [-0.15, -0.1) is 0 Å².